The van der Waals surface area contributed by atoms with Crippen molar-refractivity contribution in [2.45, 2.75) is 20.4 Å². The third-order valence-electron chi connectivity index (χ3n) is 5.76. The van der Waals surface area contributed by atoms with Crippen LogP contribution in [0.25, 0.3) is 21.9 Å². The summed E-state index contributed by atoms with van der Waals surface area (Å²) in [7, 11) is 0. The molecule has 0 aliphatic rings. The molecule has 0 amide bonds. The van der Waals surface area contributed by atoms with Crippen LogP contribution >= 0.6 is 0 Å². The van der Waals surface area contributed by atoms with Gasteiger partial charge in [0.25, 0.3) is 0 Å². The molecule has 3 aromatic carbocycles. The van der Waals surface area contributed by atoms with Crippen LogP contribution in [-0.4, -0.2) is 30.6 Å². The second kappa shape index (κ2) is 11.9. The van der Waals surface area contributed by atoms with Crippen molar-refractivity contribution in [3.05, 3.63) is 114 Å². The SMILES string of the molecule is C=N/C(=C\C(=N/CNCC)c1ccc2ccccc2c1)NCc1ccc(-c2ccnc(C)c2)cc1. The van der Waals surface area contributed by atoms with Crippen LogP contribution in [0.2, 0.25) is 0 Å². The van der Waals surface area contributed by atoms with Gasteiger partial charge in [-0.1, -0.05) is 67.6 Å². The Labute approximate surface area is 207 Å². The van der Waals surface area contributed by atoms with Crippen molar-refractivity contribution in [3.8, 4) is 11.1 Å². The highest BCUT2D eigenvalue weighted by atomic mass is 15.0. The van der Waals surface area contributed by atoms with Crippen LogP contribution in [0.5, 0.6) is 0 Å². The molecule has 0 saturated carbocycles. The first-order valence-corrected chi connectivity index (χ1v) is 11.8. The molecule has 0 aliphatic carbocycles. The van der Waals surface area contributed by atoms with Gasteiger partial charge in [0.2, 0.25) is 0 Å². The number of rotatable bonds is 10. The van der Waals surface area contributed by atoms with Crippen LogP contribution in [0.4, 0.5) is 0 Å². The van der Waals surface area contributed by atoms with E-state index in [-0.39, 0.29) is 0 Å². The fourth-order valence-electron chi connectivity index (χ4n) is 3.84. The molecule has 0 aliphatic heterocycles. The maximum absolute atomic E-state index is 4.78. The Bertz CT molecular complexity index is 1350. The lowest BCUT2D eigenvalue weighted by atomic mass is 10.0. The zero-order valence-corrected chi connectivity index (χ0v) is 20.3. The predicted molar refractivity (Wildman–Crippen MR) is 148 cm³/mol. The molecule has 0 fully saturated rings. The van der Waals surface area contributed by atoms with Crippen LogP contribution in [-0.2, 0) is 6.54 Å². The Morgan fingerprint density at radius 2 is 1.74 bits per heavy atom. The molecule has 35 heavy (non-hydrogen) atoms. The number of nitrogens with zero attached hydrogens (tertiary/aromatic N) is 3. The third kappa shape index (κ3) is 6.49. The van der Waals surface area contributed by atoms with Gasteiger partial charge in [0.05, 0.1) is 12.4 Å². The topological polar surface area (TPSA) is 61.7 Å². The van der Waals surface area contributed by atoms with Gasteiger partial charge < -0.3 is 5.32 Å². The normalized spacial score (nSPS) is 12.1. The van der Waals surface area contributed by atoms with E-state index in [4.69, 9.17) is 4.99 Å². The number of hydrogen-bond donors (Lipinski definition) is 2. The molecule has 0 atom stereocenters. The van der Waals surface area contributed by atoms with E-state index < -0.39 is 0 Å². The summed E-state index contributed by atoms with van der Waals surface area (Å²) in [4.78, 5) is 13.3. The molecular formula is C30H31N5. The van der Waals surface area contributed by atoms with Crippen molar-refractivity contribution in [3.63, 3.8) is 0 Å². The Hall–Kier alpha value is -4.09. The third-order valence-corrected chi connectivity index (χ3v) is 5.76. The summed E-state index contributed by atoms with van der Waals surface area (Å²) >= 11 is 0. The zero-order valence-electron chi connectivity index (χ0n) is 20.3. The highest BCUT2D eigenvalue weighted by molar-refractivity contribution is 6.10. The lowest BCUT2D eigenvalue weighted by Crippen LogP contribution is -2.16. The van der Waals surface area contributed by atoms with Crippen molar-refractivity contribution in [1.82, 2.24) is 15.6 Å². The van der Waals surface area contributed by atoms with Crippen molar-refractivity contribution in [2.24, 2.45) is 9.98 Å². The fraction of sp³-hybridized carbons (Fsp3) is 0.167. The Morgan fingerprint density at radius 3 is 2.49 bits per heavy atom. The molecular weight excluding hydrogens is 430 g/mol. The number of allylic oxidation sites excluding steroid dienone is 1. The second-order valence-corrected chi connectivity index (χ2v) is 8.29. The van der Waals surface area contributed by atoms with Crippen molar-refractivity contribution in [2.75, 3.05) is 13.2 Å². The van der Waals surface area contributed by atoms with E-state index in [1.54, 1.807) is 0 Å². The highest BCUT2D eigenvalue weighted by Gasteiger charge is 2.06. The molecule has 0 unspecified atom stereocenters. The lowest BCUT2D eigenvalue weighted by Gasteiger charge is -2.10. The number of benzene rings is 3. The van der Waals surface area contributed by atoms with Gasteiger partial charge in [0.1, 0.15) is 5.82 Å². The summed E-state index contributed by atoms with van der Waals surface area (Å²) < 4.78 is 0. The molecule has 2 N–H and O–H groups in total. The average Bonchev–Trinajstić information content (AvgIpc) is 2.90. The standard InChI is InChI=1S/C30H31N5/c1-4-32-21-35-29(28-14-13-24-7-5-6-8-26(24)18-28)19-30(31-3)34-20-23-9-11-25(12-10-23)27-15-16-33-22(2)17-27/h5-19,32,34H,3-4,20-21H2,1-2H3/b30-19+,35-29+. The van der Waals surface area contributed by atoms with Gasteiger partial charge in [-0.15, -0.1) is 0 Å². The van der Waals surface area contributed by atoms with Crippen molar-refractivity contribution in [1.29, 1.82) is 0 Å². The van der Waals surface area contributed by atoms with E-state index in [1.807, 2.05) is 25.3 Å². The smallest absolute Gasteiger partial charge is 0.127 e. The van der Waals surface area contributed by atoms with Crippen LogP contribution in [0.3, 0.4) is 0 Å². The number of aliphatic imine (C=N–C) groups is 2. The minimum Gasteiger partial charge on any atom is -0.366 e. The maximum atomic E-state index is 4.78. The van der Waals surface area contributed by atoms with Gasteiger partial charge in [-0.3, -0.25) is 15.3 Å². The van der Waals surface area contributed by atoms with Gasteiger partial charge in [-0.05, 0) is 65.8 Å². The predicted octanol–water partition coefficient (Wildman–Crippen LogP) is 5.90. The molecule has 4 aromatic rings. The molecule has 5 nitrogen and oxygen atoms in total. The maximum Gasteiger partial charge on any atom is 0.127 e. The lowest BCUT2D eigenvalue weighted by molar-refractivity contribution is 0.744. The summed E-state index contributed by atoms with van der Waals surface area (Å²) in [6.07, 6.45) is 3.81. The summed E-state index contributed by atoms with van der Waals surface area (Å²) in [5, 5.41) is 9.06. The van der Waals surface area contributed by atoms with Gasteiger partial charge in [0.15, 0.2) is 0 Å². The Morgan fingerprint density at radius 1 is 0.943 bits per heavy atom. The summed E-state index contributed by atoms with van der Waals surface area (Å²) in [5.74, 6) is 0.683. The number of nitrogens with one attached hydrogen (secondary N) is 2. The number of hydrogen-bond acceptors (Lipinski definition) is 5. The van der Waals surface area contributed by atoms with Crippen molar-refractivity contribution < 1.29 is 0 Å². The number of aryl methyl sites for hydroxylation is 1. The second-order valence-electron chi connectivity index (χ2n) is 8.29. The molecule has 0 saturated heterocycles. The first kappa shape index (κ1) is 24.0. The summed E-state index contributed by atoms with van der Waals surface area (Å²) in [5.41, 5.74) is 6.41. The first-order chi connectivity index (χ1) is 17.2. The largest absolute Gasteiger partial charge is 0.366 e. The summed E-state index contributed by atoms with van der Waals surface area (Å²) in [6, 6.07) is 27.4. The van der Waals surface area contributed by atoms with Crippen LogP contribution < -0.4 is 10.6 Å². The number of aromatic nitrogens is 1. The highest BCUT2D eigenvalue weighted by Crippen LogP contribution is 2.20. The van der Waals surface area contributed by atoms with Gasteiger partial charge >= 0.3 is 0 Å². The van der Waals surface area contributed by atoms with Gasteiger partial charge in [-0.2, -0.15) is 0 Å². The van der Waals surface area contributed by atoms with Crippen LogP contribution in [0.15, 0.2) is 107 Å². The van der Waals surface area contributed by atoms with E-state index in [0.29, 0.717) is 19.0 Å². The fourth-order valence-corrected chi connectivity index (χ4v) is 3.84. The number of fused-ring (bicyclic) bond motifs is 1. The molecule has 4 rings (SSSR count). The van der Waals surface area contributed by atoms with Crippen molar-refractivity contribution >= 4 is 23.2 Å². The molecule has 0 radical (unpaired) electrons. The van der Waals surface area contributed by atoms with Gasteiger partial charge in [-0.25, -0.2) is 4.99 Å². The van der Waals surface area contributed by atoms with E-state index in [2.05, 4.69) is 107 Å². The van der Waals surface area contributed by atoms with Crippen LogP contribution in [0, 0.1) is 6.92 Å². The zero-order chi connectivity index (χ0) is 24.5. The minimum absolute atomic E-state index is 0.537. The molecule has 176 valence electrons. The van der Waals surface area contributed by atoms with E-state index in [1.165, 1.54) is 21.9 Å². The van der Waals surface area contributed by atoms with Gasteiger partial charge in [0, 0.05) is 30.1 Å². The molecule has 0 spiro atoms. The van der Waals surface area contributed by atoms with E-state index >= 15 is 0 Å². The minimum atomic E-state index is 0.537. The van der Waals surface area contributed by atoms with Crippen LogP contribution in [0.1, 0.15) is 23.7 Å². The molecule has 5 heteroatoms. The monoisotopic (exact) mass is 461 g/mol. The Balaban J connectivity index is 1.52. The van der Waals surface area contributed by atoms with E-state index in [9.17, 15) is 0 Å². The number of pyridine rings is 1. The molecule has 0 bridgehead atoms. The quantitative estimate of drug-likeness (QED) is 0.228. The molecule has 1 aromatic heterocycles. The van der Waals surface area contributed by atoms with E-state index in [0.717, 1.165) is 29.1 Å². The summed E-state index contributed by atoms with van der Waals surface area (Å²) in [6.45, 7) is 9.88. The first-order valence-electron chi connectivity index (χ1n) is 11.8. The molecule has 1 heterocycles. The Kier molecular flexibility index (Phi) is 8.15. The average molecular weight is 462 g/mol.